The summed E-state index contributed by atoms with van der Waals surface area (Å²) >= 11 is 0. The minimum absolute atomic E-state index is 0.0571. The molecule has 1 aromatic heterocycles. The number of pyridine rings is 1. The fourth-order valence-electron chi connectivity index (χ4n) is 1.68. The SMILES string of the molecule is CCNC(COCC(F)(F)C(F)F)Cc1ccncc1. The lowest BCUT2D eigenvalue weighted by Gasteiger charge is -2.20. The van der Waals surface area contributed by atoms with Crippen LogP contribution in [0.3, 0.4) is 0 Å². The van der Waals surface area contributed by atoms with Crippen molar-refractivity contribution in [3.63, 3.8) is 0 Å². The monoisotopic (exact) mass is 294 g/mol. The number of halogens is 4. The van der Waals surface area contributed by atoms with Gasteiger partial charge in [0.05, 0.1) is 6.61 Å². The van der Waals surface area contributed by atoms with E-state index in [1.54, 1.807) is 24.5 Å². The lowest BCUT2D eigenvalue weighted by molar-refractivity contribution is -0.167. The van der Waals surface area contributed by atoms with Crippen molar-refractivity contribution in [1.82, 2.24) is 10.3 Å². The van der Waals surface area contributed by atoms with Gasteiger partial charge in [-0.1, -0.05) is 6.92 Å². The molecular formula is C13H18F4N2O. The molecule has 0 amide bonds. The van der Waals surface area contributed by atoms with Crippen LogP contribution in [-0.4, -0.2) is 43.1 Å². The minimum atomic E-state index is -4.10. The molecule has 1 unspecified atom stereocenters. The van der Waals surface area contributed by atoms with E-state index in [1.807, 2.05) is 6.92 Å². The highest BCUT2D eigenvalue weighted by atomic mass is 19.3. The maximum absolute atomic E-state index is 12.7. The third-order valence-electron chi connectivity index (χ3n) is 2.66. The van der Waals surface area contributed by atoms with Crippen LogP contribution in [0.25, 0.3) is 0 Å². The van der Waals surface area contributed by atoms with Crippen LogP contribution in [-0.2, 0) is 11.2 Å². The summed E-state index contributed by atoms with van der Waals surface area (Å²) in [6.07, 6.45) is 0.102. The lowest BCUT2D eigenvalue weighted by Crippen LogP contribution is -2.38. The van der Waals surface area contributed by atoms with Crippen molar-refractivity contribution in [2.45, 2.75) is 31.7 Å². The Morgan fingerprint density at radius 3 is 2.50 bits per heavy atom. The fourth-order valence-corrected chi connectivity index (χ4v) is 1.68. The van der Waals surface area contributed by atoms with Crippen molar-refractivity contribution in [2.75, 3.05) is 19.8 Å². The highest BCUT2D eigenvalue weighted by molar-refractivity contribution is 5.11. The van der Waals surface area contributed by atoms with Crippen LogP contribution in [0, 0.1) is 0 Å². The Hall–Kier alpha value is -1.21. The summed E-state index contributed by atoms with van der Waals surface area (Å²) in [5.41, 5.74) is 0.968. The van der Waals surface area contributed by atoms with Gasteiger partial charge in [-0.05, 0) is 30.7 Å². The van der Waals surface area contributed by atoms with Crippen molar-refractivity contribution >= 4 is 0 Å². The minimum Gasteiger partial charge on any atom is -0.373 e. The topological polar surface area (TPSA) is 34.1 Å². The highest BCUT2D eigenvalue weighted by Crippen LogP contribution is 2.22. The molecule has 1 aromatic rings. The van der Waals surface area contributed by atoms with Crippen LogP contribution >= 0.6 is 0 Å². The molecule has 0 radical (unpaired) electrons. The number of hydrogen-bond acceptors (Lipinski definition) is 3. The van der Waals surface area contributed by atoms with Gasteiger partial charge in [-0.25, -0.2) is 8.78 Å². The van der Waals surface area contributed by atoms with E-state index < -0.39 is 19.0 Å². The summed E-state index contributed by atoms with van der Waals surface area (Å²) in [6.45, 7) is 1.17. The second-order valence-electron chi connectivity index (χ2n) is 4.39. The van der Waals surface area contributed by atoms with Gasteiger partial charge in [0.15, 0.2) is 0 Å². The molecule has 20 heavy (non-hydrogen) atoms. The summed E-state index contributed by atoms with van der Waals surface area (Å²) in [5.74, 6) is -4.10. The zero-order valence-corrected chi connectivity index (χ0v) is 11.2. The maximum atomic E-state index is 12.7. The summed E-state index contributed by atoms with van der Waals surface area (Å²) in [5, 5.41) is 3.07. The number of alkyl halides is 4. The van der Waals surface area contributed by atoms with Crippen LogP contribution in [0.1, 0.15) is 12.5 Å². The molecule has 0 aromatic carbocycles. The smallest absolute Gasteiger partial charge is 0.330 e. The molecule has 1 N–H and O–H groups in total. The second kappa shape index (κ2) is 8.16. The molecule has 3 nitrogen and oxygen atoms in total. The standard InChI is InChI=1S/C13H18F4N2O/c1-2-19-11(7-10-3-5-18-6-4-10)8-20-9-13(16,17)12(14)15/h3-6,11-12,19H,2,7-9H2,1H3. The van der Waals surface area contributed by atoms with E-state index in [0.29, 0.717) is 13.0 Å². The number of likely N-dealkylation sites (N-methyl/N-ethyl adjacent to an activating group) is 1. The van der Waals surface area contributed by atoms with Crippen molar-refractivity contribution in [3.8, 4) is 0 Å². The molecule has 0 bridgehead atoms. The van der Waals surface area contributed by atoms with Crippen molar-refractivity contribution in [2.24, 2.45) is 0 Å². The predicted molar refractivity (Wildman–Crippen MR) is 67.2 cm³/mol. The molecule has 0 aliphatic rings. The molecule has 1 rings (SSSR count). The van der Waals surface area contributed by atoms with E-state index in [2.05, 4.69) is 10.3 Å². The van der Waals surface area contributed by atoms with E-state index in [-0.39, 0.29) is 12.6 Å². The third-order valence-corrected chi connectivity index (χ3v) is 2.66. The Morgan fingerprint density at radius 2 is 1.95 bits per heavy atom. The van der Waals surface area contributed by atoms with E-state index in [0.717, 1.165) is 5.56 Å². The van der Waals surface area contributed by atoms with Gasteiger partial charge in [-0.2, -0.15) is 8.78 Å². The van der Waals surface area contributed by atoms with Crippen molar-refractivity contribution in [3.05, 3.63) is 30.1 Å². The quantitative estimate of drug-likeness (QED) is 0.711. The molecule has 0 aliphatic carbocycles. The van der Waals surface area contributed by atoms with E-state index in [4.69, 9.17) is 4.74 Å². The van der Waals surface area contributed by atoms with Gasteiger partial charge in [0.2, 0.25) is 0 Å². The third kappa shape index (κ3) is 5.83. The van der Waals surface area contributed by atoms with E-state index in [1.165, 1.54) is 0 Å². The average molecular weight is 294 g/mol. The molecular weight excluding hydrogens is 276 g/mol. The first-order valence-corrected chi connectivity index (χ1v) is 6.31. The van der Waals surface area contributed by atoms with Crippen LogP contribution in [0.4, 0.5) is 17.6 Å². The number of aromatic nitrogens is 1. The summed E-state index contributed by atoms with van der Waals surface area (Å²) in [6, 6.07) is 3.40. The van der Waals surface area contributed by atoms with Crippen LogP contribution in [0.15, 0.2) is 24.5 Å². The van der Waals surface area contributed by atoms with Gasteiger partial charge in [0.1, 0.15) is 6.61 Å². The molecule has 0 fully saturated rings. The van der Waals surface area contributed by atoms with E-state index >= 15 is 0 Å². The summed E-state index contributed by atoms with van der Waals surface area (Å²) in [7, 11) is 0. The van der Waals surface area contributed by atoms with Gasteiger partial charge in [-0.15, -0.1) is 0 Å². The fraction of sp³-hybridized carbons (Fsp3) is 0.615. The summed E-state index contributed by atoms with van der Waals surface area (Å²) in [4.78, 5) is 3.88. The molecule has 114 valence electrons. The average Bonchev–Trinajstić information content (AvgIpc) is 2.39. The Kier molecular flexibility index (Phi) is 6.87. The Balaban J connectivity index is 2.43. The normalized spacial score (nSPS) is 13.7. The lowest BCUT2D eigenvalue weighted by atomic mass is 10.1. The highest BCUT2D eigenvalue weighted by Gasteiger charge is 2.41. The van der Waals surface area contributed by atoms with Gasteiger partial charge < -0.3 is 10.1 Å². The van der Waals surface area contributed by atoms with E-state index in [9.17, 15) is 17.6 Å². The number of nitrogens with one attached hydrogen (secondary N) is 1. The molecule has 1 heterocycles. The number of ether oxygens (including phenoxy) is 1. The first-order chi connectivity index (χ1) is 9.45. The zero-order valence-electron chi connectivity index (χ0n) is 11.2. The molecule has 0 spiro atoms. The largest absolute Gasteiger partial charge is 0.373 e. The predicted octanol–water partition coefficient (Wildman–Crippen LogP) is 2.52. The molecule has 1 atom stereocenters. The molecule has 0 saturated heterocycles. The number of hydrogen-bond donors (Lipinski definition) is 1. The Morgan fingerprint density at radius 1 is 1.30 bits per heavy atom. The maximum Gasteiger partial charge on any atom is 0.330 e. The van der Waals surface area contributed by atoms with Gasteiger partial charge in [0, 0.05) is 18.4 Å². The van der Waals surface area contributed by atoms with Crippen LogP contribution in [0.2, 0.25) is 0 Å². The first-order valence-electron chi connectivity index (χ1n) is 6.31. The van der Waals surface area contributed by atoms with Gasteiger partial charge in [0.25, 0.3) is 0 Å². The van der Waals surface area contributed by atoms with Crippen LogP contribution < -0.4 is 5.32 Å². The molecule has 7 heteroatoms. The van der Waals surface area contributed by atoms with Crippen molar-refractivity contribution < 1.29 is 22.3 Å². The van der Waals surface area contributed by atoms with Gasteiger partial charge in [-0.3, -0.25) is 4.98 Å². The number of nitrogens with zero attached hydrogens (tertiary/aromatic N) is 1. The first kappa shape index (κ1) is 16.8. The molecule has 0 aliphatic heterocycles. The Bertz CT molecular complexity index is 376. The summed E-state index contributed by atoms with van der Waals surface area (Å²) < 4.78 is 54.1. The second-order valence-corrected chi connectivity index (χ2v) is 4.39. The van der Waals surface area contributed by atoms with Gasteiger partial charge >= 0.3 is 12.3 Å². The van der Waals surface area contributed by atoms with Crippen molar-refractivity contribution in [1.29, 1.82) is 0 Å². The zero-order chi connectivity index (χ0) is 15.0. The Labute approximate surface area is 115 Å². The number of rotatable bonds is 9. The molecule has 0 saturated carbocycles. The van der Waals surface area contributed by atoms with Crippen LogP contribution in [0.5, 0.6) is 0 Å².